The standard InChI is InChI=1S/C16H18BrN3O/c1-10-8-12(5-6-14(10)17)19-16(21)13-9-11(18)4-7-15(13)20(2)3/h4-9H,18H2,1-3H3,(H,19,21). The maximum atomic E-state index is 12.5. The van der Waals surface area contributed by atoms with Crippen molar-refractivity contribution in [3.8, 4) is 0 Å². The number of benzene rings is 2. The first-order valence-electron chi connectivity index (χ1n) is 6.53. The van der Waals surface area contributed by atoms with E-state index in [9.17, 15) is 4.79 Å². The third kappa shape index (κ3) is 3.55. The summed E-state index contributed by atoms with van der Waals surface area (Å²) >= 11 is 3.44. The van der Waals surface area contributed by atoms with E-state index in [-0.39, 0.29) is 5.91 Å². The van der Waals surface area contributed by atoms with Crippen LogP contribution in [-0.2, 0) is 0 Å². The molecule has 2 rings (SSSR count). The van der Waals surface area contributed by atoms with Crippen molar-refractivity contribution < 1.29 is 4.79 Å². The van der Waals surface area contributed by atoms with Gasteiger partial charge < -0.3 is 16.0 Å². The lowest BCUT2D eigenvalue weighted by Crippen LogP contribution is -2.18. The van der Waals surface area contributed by atoms with E-state index in [0.717, 1.165) is 21.4 Å². The Morgan fingerprint density at radius 1 is 1.19 bits per heavy atom. The maximum Gasteiger partial charge on any atom is 0.257 e. The molecule has 1 amide bonds. The van der Waals surface area contributed by atoms with E-state index in [1.807, 2.05) is 50.2 Å². The number of nitrogens with zero attached hydrogens (tertiary/aromatic N) is 1. The largest absolute Gasteiger partial charge is 0.399 e. The Bertz CT molecular complexity index is 683. The van der Waals surface area contributed by atoms with Crippen LogP contribution in [0.15, 0.2) is 40.9 Å². The number of aryl methyl sites for hydroxylation is 1. The van der Waals surface area contributed by atoms with Crippen molar-refractivity contribution in [2.75, 3.05) is 30.0 Å². The summed E-state index contributed by atoms with van der Waals surface area (Å²) in [5.74, 6) is -0.173. The van der Waals surface area contributed by atoms with Gasteiger partial charge in [0.05, 0.1) is 5.56 Å². The number of hydrogen-bond donors (Lipinski definition) is 2. The zero-order chi connectivity index (χ0) is 15.6. The molecule has 0 atom stereocenters. The highest BCUT2D eigenvalue weighted by Crippen LogP contribution is 2.24. The minimum Gasteiger partial charge on any atom is -0.399 e. The number of halogens is 1. The van der Waals surface area contributed by atoms with Crippen molar-refractivity contribution in [1.82, 2.24) is 0 Å². The monoisotopic (exact) mass is 347 g/mol. The van der Waals surface area contributed by atoms with Gasteiger partial charge >= 0.3 is 0 Å². The van der Waals surface area contributed by atoms with Crippen LogP contribution in [0.25, 0.3) is 0 Å². The third-order valence-corrected chi connectivity index (χ3v) is 4.05. The van der Waals surface area contributed by atoms with E-state index in [1.165, 1.54) is 0 Å². The Morgan fingerprint density at radius 2 is 1.90 bits per heavy atom. The summed E-state index contributed by atoms with van der Waals surface area (Å²) in [6.07, 6.45) is 0. The van der Waals surface area contributed by atoms with E-state index >= 15 is 0 Å². The Kier molecular flexibility index (Phi) is 4.53. The molecule has 3 N–H and O–H groups in total. The Morgan fingerprint density at radius 3 is 2.52 bits per heavy atom. The van der Waals surface area contributed by atoms with Gasteiger partial charge in [-0.3, -0.25) is 4.79 Å². The van der Waals surface area contributed by atoms with E-state index in [0.29, 0.717) is 11.3 Å². The van der Waals surface area contributed by atoms with E-state index in [4.69, 9.17) is 5.73 Å². The summed E-state index contributed by atoms with van der Waals surface area (Å²) in [6.45, 7) is 1.98. The van der Waals surface area contributed by atoms with Crippen molar-refractivity contribution in [3.05, 3.63) is 52.0 Å². The van der Waals surface area contributed by atoms with Crippen molar-refractivity contribution in [2.45, 2.75) is 6.92 Å². The predicted octanol–water partition coefficient (Wildman–Crippen LogP) is 3.66. The molecular formula is C16H18BrN3O. The molecule has 4 nitrogen and oxygen atoms in total. The van der Waals surface area contributed by atoms with Gasteiger partial charge in [0.25, 0.3) is 5.91 Å². The zero-order valence-electron chi connectivity index (χ0n) is 12.3. The average molecular weight is 348 g/mol. The highest BCUT2D eigenvalue weighted by molar-refractivity contribution is 9.10. The summed E-state index contributed by atoms with van der Waals surface area (Å²) in [7, 11) is 3.79. The summed E-state index contributed by atoms with van der Waals surface area (Å²) in [6, 6.07) is 11.0. The maximum absolute atomic E-state index is 12.5. The molecule has 0 spiro atoms. The van der Waals surface area contributed by atoms with Gasteiger partial charge in [0, 0.05) is 35.6 Å². The lowest BCUT2D eigenvalue weighted by atomic mass is 10.1. The van der Waals surface area contributed by atoms with Crippen LogP contribution in [0.4, 0.5) is 17.1 Å². The molecular weight excluding hydrogens is 330 g/mol. The van der Waals surface area contributed by atoms with Crippen molar-refractivity contribution in [3.63, 3.8) is 0 Å². The van der Waals surface area contributed by atoms with E-state index in [1.54, 1.807) is 12.1 Å². The van der Waals surface area contributed by atoms with Gasteiger partial charge in [-0.05, 0) is 48.9 Å². The van der Waals surface area contributed by atoms with Gasteiger partial charge in [-0.15, -0.1) is 0 Å². The molecule has 0 aromatic heterocycles. The Balaban J connectivity index is 2.31. The summed E-state index contributed by atoms with van der Waals surface area (Å²) in [5, 5.41) is 2.91. The van der Waals surface area contributed by atoms with E-state index in [2.05, 4.69) is 21.2 Å². The topological polar surface area (TPSA) is 58.4 Å². The minimum atomic E-state index is -0.173. The zero-order valence-corrected chi connectivity index (χ0v) is 13.9. The first kappa shape index (κ1) is 15.4. The van der Waals surface area contributed by atoms with Crippen molar-refractivity contribution >= 4 is 38.9 Å². The van der Waals surface area contributed by atoms with Gasteiger partial charge in [0.2, 0.25) is 0 Å². The second-order valence-corrected chi connectivity index (χ2v) is 5.94. The molecule has 0 bridgehead atoms. The second kappa shape index (κ2) is 6.18. The van der Waals surface area contributed by atoms with Crippen LogP contribution in [0, 0.1) is 6.92 Å². The number of carbonyl (C=O) groups excluding carboxylic acids is 1. The van der Waals surface area contributed by atoms with Gasteiger partial charge in [-0.25, -0.2) is 0 Å². The highest BCUT2D eigenvalue weighted by atomic mass is 79.9. The van der Waals surface area contributed by atoms with Gasteiger partial charge in [-0.2, -0.15) is 0 Å². The molecule has 0 saturated carbocycles. The first-order chi connectivity index (χ1) is 9.88. The van der Waals surface area contributed by atoms with Crippen LogP contribution in [0.2, 0.25) is 0 Å². The number of anilines is 3. The molecule has 0 unspecified atom stereocenters. The van der Waals surface area contributed by atoms with Crippen LogP contribution >= 0.6 is 15.9 Å². The molecule has 0 aliphatic rings. The van der Waals surface area contributed by atoms with Crippen LogP contribution in [0.3, 0.4) is 0 Å². The normalized spacial score (nSPS) is 10.3. The Labute approximate surface area is 133 Å². The molecule has 2 aromatic carbocycles. The molecule has 21 heavy (non-hydrogen) atoms. The van der Waals surface area contributed by atoms with Crippen LogP contribution in [0.5, 0.6) is 0 Å². The number of nitrogen functional groups attached to an aromatic ring is 1. The molecule has 0 heterocycles. The number of hydrogen-bond acceptors (Lipinski definition) is 3. The van der Waals surface area contributed by atoms with Crippen molar-refractivity contribution in [2.24, 2.45) is 0 Å². The third-order valence-electron chi connectivity index (χ3n) is 3.16. The van der Waals surface area contributed by atoms with E-state index < -0.39 is 0 Å². The number of carbonyl (C=O) groups is 1. The van der Waals surface area contributed by atoms with Crippen LogP contribution in [-0.4, -0.2) is 20.0 Å². The summed E-state index contributed by atoms with van der Waals surface area (Å²) < 4.78 is 1.01. The molecule has 2 aromatic rings. The molecule has 0 saturated heterocycles. The fourth-order valence-electron chi connectivity index (χ4n) is 2.05. The number of nitrogens with one attached hydrogen (secondary N) is 1. The quantitative estimate of drug-likeness (QED) is 0.833. The van der Waals surface area contributed by atoms with Gasteiger partial charge in [0.15, 0.2) is 0 Å². The fraction of sp³-hybridized carbons (Fsp3) is 0.188. The molecule has 0 aliphatic heterocycles. The highest BCUT2D eigenvalue weighted by Gasteiger charge is 2.14. The minimum absolute atomic E-state index is 0.173. The molecule has 0 aliphatic carbocycles. The molecule has 0 fully saturated rings. The Hall–Kier alpha value is -2.01. The number of rotatable bonds is 3. The predicted molar refractivity (Wildman–Crippen MR) is 92.0 cm³/mol. The lowest BCUT2D eigenvalue weighted by molar-refractivity contribution is 0.102. The molecule has 110 valence electrons. The molecule has 0 radical (unpaired) electrons. The van der Waals surface area contributed by atoms with Crippen molar-refractivity contribution in [1.29, 1.82) is 0 Å². The van der Waals surface area contributed by atoms with Gasteiger partial charge in [-0.1, -0.05) is 15.9 Å². The smallest absolute Gasteiger partial charge is 0.257 e. The molecule has 5 heteroatoms. The first-order valence-corrected chi connectivity index (χ1v) is 7.32. The number of amides is 1. The fourth-order valence-corrected chi connectivity index (χ4v) is 2.29. The SMILES string of the molecule is Cc1cc(NC(=O)c2cc(N)ccc2N(C)C)ccc1Br. The lowest BCUT2D eigenvalue weighted by Gasteiger charge is -2.17. The summed E-state index contributed by atoms with van der Waals surface area (Å²) in [4.78, 5) is 14.4. The van der Waals surface area contributed by atoms with Crippen LogP contribution in [0.1, 0.15) is 15.9 Å². The van der Waals surface area contributed by atoms with Crippen LogP contribution < -0.4 is 16.0 Å². The second-order valence-electron chi connectivity index (χ2n) is 5.09. The summed E-state index contributed by atoms with van der Waals surface area (Å²) in [5.41, 5.74) is 9.57. The van der Waals surface area contributed by atoms with Gasteiger partial charge in [0.1, 0.15) is 0 Å². The average Bonchev–Trinajstić information content (AvgIpc) is 2.42. The number of nitrogens with two attached hydrogens (primary N) is 1.